The molecule has 3 atom stereocenters. The molecule has 15 aromatic rings. The van der Waals surface area contributed by atoms with E-state index in [2.05, 4.69) is 0 Å². The Morgan fingerprint density at radius 1 is 0.439 bits per heavy atom. The number of aromatic nitrogens is 6. The van der Waals surface area contributed by atoms with E-state index in [-0.39, 0.29) is 156 Å². The summed E-state index contributed by atoms with van der Waals surface area (Å²) in [6.07, 6.45) is -4.70. The van der Waals surface area contributed by atoms with Crippen molar-refractivity contribution in [2.45, 2.75) is 106 Å². The minimum Gasteiger partial charge on any atom is -0.463 e. The summed E-state index contributed by atoms with van der Waals surface area (Å²) in [6.45, 7) is 17.9. The second kappa shape index (κ2) is 37.1. The summed E-state index contributed by atoms with van der Waals surface area (Å²) in [7, 11) is 1.24. The van der Waals surface area contributed by atoms with Crippen molar-refractivity contribution >= 4 is 125 Å². The van der Waals surface area contributed by atoms with Gasteiger partial charge in [0.25, 0.3) is 34.4 Å². The first-order valence-electron chi connectivity index (χ1n) is 39.4. The van der Waals surface area contributed by atoms with Crippen LogP contribution in [0.3, 0.4) is 0 Å². The predicted octanol–water partition coefficient (Wildman–Crippen LogP) is 17.6. The molecule has 0 radical (unpaired) electrons. The van der Waals surface area contributed by atoms with Gasteiger partial charge < -0.3 is 63.1 Å². The standard InChI is InChI=1S/C31H31FN4O6.C30H28ClF3N4O4.C29H28Cl2N4O4/c1-17(2)26(35(14-13-33)29(37)19-7-5-18(3)6-8-19)28-34-25-22-15-20(32)9-11-23(22)42-27(25)30(38)36(28)16-21-10-12-24(41-21)31(39)40-4;1-16(2)25(37(13-12-35)28(39)18-6-4-17(3)5-7-18)27-36-24-21-14-19(31)8-10-22(21)42-26(24)29(40)38(27)15-20-9-11-23(41-20)30(32,33)34;1-16(2)25(34(13-12-32)28(36)18-6-4-17(3)5-7-18)27-33-24-21-14-19(30)8-10-22(21)39-26(24)29(37)35(27)15-20-9-11-23(31)38-20/h5-12,15,17,26H,13-14,16,33H2,1-4H3;4-11,14,16,25H,12-13,15,35H2,1-3H3;4-11,14,16,25H,12-13,15,32H2,1-3H3. The molecule has 0 saturated heterocycles. The number of carbonyl (C=O) groups is 4. The summed E-state index contributed by atoms with van der Waals surface area (Å²) >= 11 is 18.5. The third-order valence-corrected chi connectivity index (χ3v) is 21.4. The van der Waals surface area contributed by atoms with E-state index < -0.39 is 58.5 Å². The van der Waals surface area contributed by atoms with E-state index in [1.165, 1.54) is 50.0 Å². The number of hydrogen-bond donors (Lipinski definition) is 3. The zero-order chi connectivity index (χ0) is 88.3. The molecule has 0 aliphatic rings. The van der Waals surface area contributed by atoms with Gasteiger partial charge in [0.1, 0.15) is 73.9 Å². The first-order chi connectivity index (χ1) is 58.7. The number of halogens is 7. The van der Waals surface area contributed by atoms with Gasteiger partial charge >= 0.3 is 12.1 Å². The van der Waals surface area contributed by atoms with E-state index in [4.69, 9.17) is 98.2 Å². The van der Waals surface area contributed by atoms with Gasteiger partial charge in [-0.3, -0.25) is 42.5 Å². The molecule has 0 fully saturated rings. The van der Waals surface area contributed by atoms with E-state index in [1.54, 1.807) is 101 Å². The highest BCUT2D eigenvalue weighted by molar-refractivity contribution is 6.32. The van der Waals surface area contributed by atoms with E-state index in [0.717, 1.165) is 28.8 Å². The third-order valence-electron chi connectivity index (χ3n) is 20.7. The number of amides is 3. The molecule has 6 aromatic carbocycles. The number of fused-ring (bicyclic) bond motifs is 9. The Bertz CT molecular complexity index is 6640. The number of carbonyl (C=O) groups excluding carboxylic acids is 4. The average molecular weight is 1740 g/mol. The molecule has 3 unspecified atom stereocenters. The van der Waals surface area contributed by atoms with E-state index in [9.17, 15) is 51.1 Å². The van der Waals surface area contributed by atoms with E-state index in [1.807, 2.05) is 98.7 Å². The number of alkyl halides is 3. The van der Waals surface area contributed by atoms with Crippen molar-refractivity contribution in [1.29, 1.82) is 0 Å². The lowest BCUT2D eigenvalue weighted by atomic mass is 9.99. The minimum atomic E-state index is -4.70. The summed E-state index contributed by atoms with van der Waals surface area (Å²) in [5.74, 6) is -2.53. The lowest BCUT2D eigenvalue weighted by Gasteiger charge is -2.35. The monoisotopic (exact) mass is 1740 g/mol. The molecule has 0 aliphatic heterocycles. The Kier molecular flexibility index (Phi) is 26.6. The molecule has 9 aromatic heterocycles. The van der Waals surface area contributed by atoms with Crippen LogP contribution in [0.25, 0.3) is 66.2 Å². The summed E-state index contributed by atoms with van der Waals surface area (Å²) in [4.78, 5) is 115. The molecule has 26 nitrogen and oxygen atoms in total. The highest BCUT2D eigenvalue weighted by atomic mass is 35.5. The molecular formula is C90H87Cl3F4N12O14. The minimum absolute atomic E-state index is 0.0323. The SMILES string of the molecule is COC(=O)c1ccc(Cn2c(C(C(C)C)N(CCN)C(=O)c3ccc(C)cc3)nc3c(oc4ccc(F)cc43)c2=O)o1.Cc1ccc(C(=O)N(CCN)C(c2nc3c(oc4ccc(Cl)cc43)c(=O)n2Cc2ccc(C(F)(F)F)o2)C(C)C)cc1.Cc1ccc(C(=O)N(CCN)C(c2nc3c(oc4ccc(Cl)cc43)c(=O)n2Cc2ccc(Cl)o2)C(C)C)cc1. The number of aryl methyl sites for hydroxylation is 3. The van der Waals surface area contributed by atoms with Gasteiger partial charge in [0.05, 0.1) is 44.9 Å². The fraction of sp³-hybridized carbons (Fsp3) is 0.289. The third kappa shape index (κ3) is 18.7. The Hall–Kier alpha value is -12.5. The van der Waals surface area contributed by atoms with Crippen LogP contribution in [0.4, 0.5) is 17.6 Å². The number of methoxy groups -OCH3 is 1. The summed E-state index contributed by atoms with van der Waals surface area (Å²) in [5, 5.41) is 2.52. The average Bonchev–Trinajstić information content (AvgIpc) is 1.63. The maximum atomic E-state index is 14.3. The Labute approximate surface area is 715 Å². The highest BCUT2D eigenvalue weighted by Crippen LogP contribution is 2.39. The van der Waals surface area contributed by atoms with Gasteiger partial charge in [-0.1, -0.05) is 118 Å². The van der Waals surface area contributed by atoms with Crippen LogP contribution in [-0.4, -0.2) is 113 Å². The van der Waals surface area contributed by atoms with Crippen LogP contribution in [0.5, 0.6) is 0 Å². The first-order valence-corrected chi connectivity index (χ1v) is 40.5. The molecule has 640 valence electrons. The van der Waals surface area contributed by atoms with Crippen LogP contribution in [0.15, 0.2) is 205 Å². The van der Waals surface area contributed by atoms with Gasteiger partial charge in [-0.25, -0.2) is 24.1 Å². The molecule has 0 spiro atoms. The molecule has 9 heterocycles. The van der Waals surface area contributed by atoms with Gasteiger partial charge in [-0.05, 0) is 178 Å². The Balaban J connectivity index is 0.000000159. The molecule has 0 saturated carbocycles. The number of rotatable bonds is 25. The number of nitrogens with zero attached hydrogens (tertiary/aromatic N) is 9. The van der Waals surface area contributed by atoms with Crippen molar-refractivity contribution in [2.75, 3.05) is 46.4 Å². The fourth-order valence-electron chi connectivity index (χ4n) is 15.0. The maximum Gasteiger partial charge on any atom is 0.449 e. The second-order valence-corrected chi connectivity index (χ2v) is 31.8. The predicted molar refractivity (Wildman–Crippen MR) is 459 cm³/mol. The summed E-state index contributed by atoms with van der Waals surface area (Å²) in [5.41, 5.74) is 22.6. The van der Waals surface area contributed by atoms with Crippen molar-refractivity contribution < 1.29 is 68.0 Å². The van der Waals surface area contributed by atoms with Crippen LogP contribution in [0.1, 0.15) is 159 Å². The number of hydrogen-bond acceptors (Lipinski definition) is 20. The van der Waals surface area contributed by atoms with Crippen molar-refractivity contribution in [3.8, 4) is 0 Å². The Morgan fingerprint density at radius 3 is 1.10 bits per heavy atom. The molecule has 0 bridgehead atoms. The van der Waals surface area contributed by atoms with Crippen molar-refractivity contribution in [1.82, 2.24) is 43.4 Å². The van der Waals surface area contributed by atoms with Crippen LogP contribution in [0, 0.1) is 44.3 Å². The summed E-state index contributed by atoms with van der Waals surface area (Å²) < 4.78 is 96.9. The smallest absolute Gasteiger partial charge is 0.449 e. The number of nitrogens with two attached hydrogens (primary N) is 3. The number of ether oxygens (including phenoxy) is 1. The quantitative estimate of drug-likeness (QED) is 0.0353. The fourth-order valence-corrected chi connectivity index (χ4v) is 15.5. The second-order valence-electron chi connectivity index (χ2n) is 30.6. The summed E-state index contributed by atoms with van der Waals surface area (Å²) in [6, 6.07) is 41.6. The Morgan fingerprint density at radius 2 is 0.772 bits per heavy atom. The largest absolute Gasteiger partial charge is 0.463 e. The van der Waals surface area contributed by atoms with Crippen LogP contribution in [0.2, 0.25) is 15.3 Å². The number of benzene rings is 6. The number of furan rings is 6. The molecular weight excluding hydrogens is 1660 g/mol. The van der Waals surface area contributed by atoms with E-state index >= 15 is 0 Å². The van der Waals surface area contributed by atoms with Gasteiger partial charge in [0.2, 0.25) is 28.3 Å². The van der Waals surface area contributed by atoms with Gasteiger partial charge in [0, 0.05) is 82.2 Å². The topological polar surface area (TPSA) is 349 Å². The molecule has 123 heavy (non-hydrogen) atoms. The molecule has 3 amide bonds. The van der Waals surface area contributed by atoms with Crippen LogP contribution >= 0.6 is 34.8 Å². The normalized spacial score (nSPS) is 12.5. The van der Waals surface area contributed by atoms with Crippen molar-refractivity contribution in [3.63, 3.8) is 0 Å². The first kappa shape index (κ1) is 88.3. The molecule has 33 heteroatoms. The highest BCUT2D eigenvalue weighted by Gasteiger charge is 2.40. The lowest BCUT2D eigenvalue weighted by Crippen LogP contribution is -2.43. The lowest BCUT2D eigenvalue weighted by molar-refractivity contribution is -0.153. The van der Waals surface area contributed by atoms with Gasteiger partial charge in [0.15, 0.2) is 5.22 Å². The molecule has 6 N–H and O–H groups in total. The van der Waals surface area contributed by atoms with Crippen LogP contribution < -0.4 is 33.9 Å². The maximum absolute atomic E-state index is 14.3. The zero-order valence-electron chi connectivity index (χ0n) is 68.5. The van der Waals surface area contributed by atoms with Crippen molar-refractivity contribution in [3.05, 3.63) is 296 Å². The van der Waals surface area contributed by atoms with Gasteiger partial charge in [-0.2, -0.15) is 13.2 Å². The van der Waals surface area contributed by atoms with E-state index in [0.29, 0.717) is 76.7 Å². The zero-order valence-corrected chi connectivity index (χ0v) is 70.8. The van der Waals surface area contributed by atoms with Crippen molar-refractivity contribution in [2.24, 2.45) is 35.0 Å². The number of esters is 1. The molecule has 15 rings (SSSR count). The van der Waals surface area contributed by atoms with Gasteiger partial charge in [-0.15, -0.1) is 0 Å². The van der Waals surface area contributed by atoms with Crippen LogP contribution in [-0.2, 0) is 30.5 Å². The molecule has 0 aliphatic carbocycles.